The van der Waals surface area contributed by atoms with Crippen LogP contribution in [0.2, 0.25) is 0 Å². The Kier molecular flexibility index (Phi) is 5.04. The van der Waals surface area contributed by atoms with Crippen LogP contribution in [0, 0.1) is 0 Å². The molecule has 8 heteroatoms. The Bertz CT molecular complexity index is 793. The maximum atomic E-state index is 11.8. The van der Waals surface area contributed by atoms with Gasteiger partial charge in [-0.2, -0.15) is 0 Å². The number of aromatic nitrogens is 3. The normalized spacial score (nSPS) is 10.5. The van der Waals surface area contributed by atoms with E-state index in [1.165, 1.54) is 11.8 Å². The van der Waals surface area contributed by atoms with Gasteiger partial charge in [0, 0.05) is 16.2 Å². The molecule has 0 aliphatic heterocycles. The standard InChI is InChI=1S/C15H11BrN4O2S/c16-11-6-4-10(5-7-11)14-19-20-15(22-14)23-9-13(21)18-12-3-1-2-8-17-12/h1-8H,9H2,(H,17,18,21). The molecule has 23 heavy (non-hydrogen) atoms. The van der Waals surface area contributed by atoms with Crippen LogP contribution < -0.4 is 5.32 Å². The molecule has 0 atom stereocenters. The van der Waals surface area contributed by atoms with E-state index in [-0.39, 0.29) is 11.7 Å². The highest BCUT2D eigenvalue weighted by Gasteiger charge is 2.11. The lowest BCUT2D eigenvalue weighted by Crippen LogP contribution is -2.14. The summed E-state index contributed by atoms with van der Waals surface area (Å²) in [4.78, 5) is 15.9. The number of pyridine rings is 1. The minimum Gasteiger partial charge on any atom is -0.411 e. The average Bonchev–Trinajstić information content (AvgIpc) is 3.04. The number of nitrogens with one attached hydrogen (secondary N) is 1. The number of hydrogen-bond acceptors (Lipinski definition) is 6. The minimum absolute atomic E-state index is 0.165. The van der Waals surface area contributed by atoms with E-state index in [1.807, 2.05) is 24.3 Å². The first kappa shape index (κ1) is 15.7. The van der Waals surface area contributed by atoms with Crippen molar-refractivity contribution in [3.05, 3.63) is 53.1 Å². The second-order valence-corrected chi connectivity index (χ2v) is 6.27. The van der Waals surface area contributed by atoms with Crippen LogP contribution in [0.3, 0.4) is 0 Å². The Morgan fingerprint density at radius 3 is 2.74 bits per heavy atom. The van der Waals surface area contributed by atoms with Crippen LogP contribution in [0.4, 0.5) is 5.82 Å². The van der Waals surface area contributed by atoms with Crippen molar-refractivity contribution < 1.29 is 9.21 Å². The van der Waals surface area contributed by atoms with Crippen molar-refractivity contribution >= 4 is 39.4 Å². The second-order valence-electron chi connectivity index (χ2n) is 4.43. The van der Waals surface area contributed by atoms with Crippen LogP contribution in [0.1, 0.15) is 0 Å². The molecule has 0 unspecified atom stereocenters. The zero-order valence-electron chi connectivity index (χ0n) is 11.8. The molecule has 3 aromatic rings. The molecule has 1 aromatic carbocycles. The van der Waals surface area contributed by atoms with Gasteiger partial charge in [-0.25, -0.2) is 4.98 Å². The van der Waals surface area contributed by atoms with Crippen LogP contribution in [-0.4, -0.2) is 26.8 Å². The van der Waals surface area contributed by atoms with E-state index in [0.29, 0.717) is 16.9 Å². The Balaban J connectivity index is 1.57. The fourth-order valence-corrected chi connectivity index (χ4v) is 2.55. The third-order valence-electron chi connectivity index (χ3n) is 2.76. The van der Waals surface area contributed by atoms with Crippen LogP contribution in [0.5, 0.6) is 0 Å². The lowest BCUT2D eigenvalue weighted by atomic mass is 10.2. The monoisotopic (exact) mass is 390 g/mol. The quantitative estimate of drug-likeness (QED) is 0.669. The summed E-state index contributed by atoms with van der Waals surface area (Å²) in [5, 5.41) is 11.0. The molecule has 3 rings (SSSR count). The summed E-state index contributed by atoms with van der Waals surface area (Å²) in [6, 6.07) is 12.9. The van der Waals surface area contributed by atoms with E-state index in [9.17, 15) is 4.79 Å². The topological polar surface area (TPSA) is 80.9 Å². The first-order valence-corrected chi connectivity index (χ1v) is 8.42. The molecule has 6 nitrogen and oxygen atoms in total. The average molecular weight is 391 g/mol. The molecule has 0 aliphatic rings. The molecule has 0 fully saturated rings. The predicted octanol–water partition coefficient (Wildman–Crippen LogP) is 3.62. The third-order valence-corrected chi connectivity index (χ3v) is 4.10. The number of rotatable bonds is 5. The number of halogens is 1. The van der Waals surface area contributed by atoms with E-state index >= 15 is 0 Å². The molecule has 0 spiro atoms. The molecular formula is C15H11BrN4O2S. The van der Waals surface area contributed by atoms with Crippen molar-refractivity contribution in [1.29, 1.82) is 0 Å². The summed E-state index contributed by atoms with van der Waals surface area (Å²) in [7, 11) is 0. The van der Waals surface area contributed by atoms with Crippen molar-refractivity contribution in [2.24, 2.45) is 0 Å². The van der Waals surface area contributed by atoms with E-state index in [2.05, 4.69) is 36.4 Å². The summed E-state index contributed by atoms with van der Waals surface area (Å²) in [6.07, 6.45) is 1.62. The van der Waals surface area contributed by atoms with Crippen LogP contribution in [0.15, 0.2) is 62.8 Å². The van der Waals surface area contributed by atoms with Gasteiger partial charge in [-0.05, 0) is 36.4 Å². The number of hydrogen-bond donors (Lipinski definition) is 1. The van der Waals surface area contributed by atoms with Crippen molar-refractivity contribution in [1.82, 2.24) is 15.2 Å². The van der Waals surface area contributed by atoms with Gasteiger partial charge in [0.1, 0.15) is 5.82 Å². The van der Waals surface area contributed by atoms with Crippen molar-refractivity contribution in [2.45, 2.75) is 5.22 Å². The maximum Gasteiger partial charge on any atom is 0.277 e. The Morgan fingerprint density at radius 1 is 1.17 bits per heavy atom. The lowest BCUT2D eigenvalue weighted by molar-refractivity contribution is -0.113. The number of nitrogens with zero attached hydrogens (tertiary/aromatic N) is 3. The first-order valence-electron chi connectivity index (χ1n) is 6.64. The zero-order chi connectivity index (χ0) is 16.1. The molecule has 0 saturated carbocycles. The van der Waals surface area contributed by atoms with Gasteiger partial charge in [-0.15, -0.1) is 10.2 Å². The summed E-state index contributed by atoms with van der Waals surface area (Å²) in [5.74, 6) is 0.917. The lowest BCUT2D eigenvalue weighted by Gasteiger charge is -2.01. The Labute approximate surface area is 144 Å². The Morgan fingerprint density at radius 2 is 2.00 bits per heavy atom. The van der Waals surface area contributed by atoms with Gasteiger partial charge < -0.3 is 9.73 Å². The van der Waals surface area contributed by atoms with E-state index < -0.39 is 0 Å². The number of amides is 1. The number of anilines is 1. The molecule has 116 valence electrons. The molecule has 0 saturated heterocycles. The van der Waals surface area contributed by atoms with Gasteiger partial charge in [0.25, 0.3) is 5.22 Å². The van der Waals surface area contributed by atoms with Gasteiger partial charge in [0.15, 0.2) is 0 Å². The maximum absolute atomic E-state index is 11.8. The number of thioether (sulfide) groups is 1. The fourth-order valence-electron chi connectivity index (χ4n) is 1.72. The van der Waals surface area contributed by atoms with Gasteiger partial charge in [-0.1, -0.05) is 33.8 Å². The molecule has 2 aromatic heterocycles. The molecule has 0 bridgehead atoms. The van der Waals surface area contributed by atoms with Crippen LogP contribution >= 0.6 is 27.7 Å². The molecule has 2 heterocycles. The summed E-state index contributed by atoms with van der Waals surface area (Å²) in [6.45, 7) is 0. The minimum atomic E-state index is -0.183. The van der Waals surface area contributed by atoms with E-state index in [4.69, 9.17) is 4.42 Å². The molecular weight excluding hydrogens is 380 g/mol. The van der Waals surface area contributed by atoms with Crippen molar-refractivity contribution in [3.63, 3.8) is 0 Å². The first-order chi connectivity index (χ1) is 11.2. The molecule has 1 amide bonds. The number of benzene rings is 1. The van der Waals surface area contributed by atoms with Gasteiger partial charge in [-0.3, -0.25) is 4.79 Å². The van der Waals surface area contributed by atoms with Crippen molar-refractivity contribution in [2.75, 3.05) is 11.1 Å². The fraction of sp³-hybridized carbons (Fsp3) is 0.0667. The third kappa shape index (κ3) is 4.40. The molecule has 0 aliphatic carbocycles. The predicted molar refractivity (Wildman–Crippen MR) is 91.0 cm³/mol. The molecule has 0 radical (unpaired) electrons. The highest BCUT2D eigenvalue weighted by atomic mass is 79.9. The van der Waals surface area contributed by atoms with Gasteiger partial charge in [0.05, 0.1) is 5.75 Å². The highest BCUT2D eigenvalue weighted by Crippen LogP contribution is 2.24. The largest absolute Gasteiger partial charge is 0.411 e. The Hall–Kier alpha value is -2.19. The van der Waals surface area contributed by atoms with E-state index in [0.717, 1.165) is 10.0 Å². The van der Waals surface area contributed by atoms with Gasteiger partial charge in [0.2, 0.25) is 11.8 Å². The zero-order valence-corrected chi connectivity index (χ0v) is 14.2. The second kappa shape index (κ2) is 7.38. The number of carbonyl (C=O) groups excluding carboxylic acids is 1. The summed E-state index contributed by atoms with van der Waals surface area (Å²) in [5.41, 5.74) is 0.825. The summed E-state index contributed by atoms with van der Waals surface area (Å²) < 4.78 is 6.51. The highest BCUT2D eigenvalue weighted by molar-refractivity contribution is 9.10. The SMILES string of the molecule is O=C(CSc1nnc(-c2ccc(Br)cc2)o1)Nc1ccccn1. The summed E-state index contributed by atoms with van der Waals surface area (Å²) >= 11 is 4.55. The van der Waals surface area contributed by atoms with Crippen molar-refractivity contribution in [3.8, 4) is 11.5 Å². The van der Waals surface area contributed by atoms with Crippen LogP contribution in [-0.2, 0) is 4.79 Å². The smallest absolute Gasteiger partial charge is 0.277 e. The van der Waals surface area contributed by atoms with Gasteiger partial charge >= 0.3 is 0 Å². The van der Waals surface area contributed by atoms with Crippen LogP contribution in [0.25, 0.3) is 11.5 Å². The van der Waals surface area contributed by atoms with E-state index in [1.54, 1.807) is 24.4 Å². The number of carbonyl (C=O) groups is 1. The molecule has 1 N–H and O–H groups in total.